The second-order valence-corrected chi connectivity index (χ2v) is 9.73. The van der Waals surface area contributed by atoms with Crippen LogP contribution in [0.25, 0.3) is 11.5 Å². The Morgan fingerprint density at radius 3 is 2.73 bits per heavy atom. The molecule has 0 radical (unpaired) electrons. The Bertz CT molecular complexity index is 1030. The molecule has 1 aliphatic carbocycles. The molecule has 3 aromatic rings. The standard InChI is InChI=1S/C25H27Br2NO2/c1-4-15(2)18-10-11-19-20(18)14-21(26)24(23(19)27)29-13-12-22-16(3)30-25(28-22)17-8-6-5-7-9-17/h5-9,14-15,18H,4,10-13H2,1-3H3. The summed E-state index contributed by atoms with van der Waals surface area (Å²) in [6.45, 7) is 7.15. The van der Waals surface area contributed by atoms with Crippen molar-refractivity contribution in [2.45, 2.75) is 52.4 Å². The van der Waals surface area contributed by atoms with Gasteiger partial charge in [-0.1, -0.05) is 38.5 Å². The lowest BCUT2D eigenvalue weighted by Gasteiger charge is -2.20. The highest BCUT2D eigenvalue weighted by atomic mass is 79.9. The lowest BCUT2D eigenvalue weighted by molar-refractivity contribution is 0.315. The molecule has 2 aromatic carbocycles. The van der Waals surface area contributed by atoms with E-state index >= 15 is 0 Å². The van der Waals surface area contributed by atoms with Crippen LogP contribution in [0.2, 0.25) is 0 Å². The van der Waals surface area contributed by atoms with Gasteiger partial charge in [-0.05, 0) is 92.8 Å². The molecule has 2 unspecified atom stereocenters. The fourth-order valence-electron chi connectivity index (χ4n) is 4.32. The Kier molecular flexibility index (Phi) is 6.69. The first-order chi connectivity index (χ1) is 14.5. The van der Waals surface area contributed by atoms with E-state index < -0.39 is 0 Å². The Hall–Kier alpha value is -1.59. The molecule has 3 nitrogen and oxygen atoms in total. The number of halogens is 2. The van der Waals surface area contributed by atoms with E-state index in [1.807, 2.05) is 37.3 Å². The molecule has 4 rings (SSSR count). The fourth-order valence-corrected chi connectivity index (χ4v) is 5.90. The van der Waals surface area contributed by atoms with Crippen LogP contribution in [0.3, 0.4) is 0 Å². The predicted octanol–water partition coefficient (Wildman–Crippen LogP) is 7.87. The van der Waals surface area contributed by atoms with Gasteiger partial charge >= 0.3 is 0 Å². The summed E-state index contributed by atoms with van der Waals surface area (Å²) in [7, 11) is 0. The Morgan fingerprint density at radius 1 is 1.23 bits per heavy atom. The minimum Gasteiger partial charge on any atom is -0.491 e. The van der Waals surface area contributed by atoms with E-state index in [1.165, 1.54) is 24.0 Å². The summed E-state index contributed by atoms with van der Waals surface area (Å²) in [5.41, 5.74) is 4.81. The number of benzene rings is 2. The van der Waals surface area contributed by atoms with E-state index in [0.29, 0.717) is 30.8 Å². The van der Waals surface area contributed by atoms with Crippen LogP contribution in [0.15, 0.2) is 49.8 Å². The van der Waals surface area contributed by atoms with Crippen LogP contribution in [0.5, 0.6) is 5.75 Å². The average molecular weight is 533 g/mol. The molecule has 30 heavy (non-hydrogen) atoms. The number of ether oxygens (including phenoxy) is 1. The van der Waals surface area contributed by atoms with E-state index in [1.54, 1.807) is 0 Å². The maximum Gasteiger partial charge on any atom is 0.226 e. The van der Waals surface area contributed by atoms with Gasteiger partial charge in [0, 0.05) is 12.0 Å². The number of aromatic nitrogens is 1. The van der Waals surface area contributed by atoms with Crippen LogP contribution in [-0.2, 0) is 12.8 Å². The van der Waals surface area contributed by atoms with E-state index in [0.717, 1.165) is 38.1 Å². The summed E-state index contributed by atoms with van der Waals surface area (Å²) in [5.74, 6) is 3.74. The maximum atomic E-state index is 6.21. The highest BCUT2D eigenvalue weighted by Gasteiger charge is 2.30. The van der Waals surface area contributed by atoms with Gasteiger partial charge in [0.15, 0.2) is 0 Å². The molecule has 0 amide bonds. The summed E-state index contributed by atoms with van der Waals surface area (Å²) >= 11 is 7.57. The third-order valence-corrected chi connectivity index (χ3v) is 7.67. The zero-order valence-electron chi connectivity index (χ0n) is 17.7. The van der Waals surface area contributed by atoms with Gasteiger partial charge in [0.25, 0.3) is 0 Å². The number of fused-ring (bicyclic) bond motifs is 1. The molecule has 0 bridgehead atoms. The minimum atomic E-state index is 0.548. The van der Waals surface area contributed by atoms with Crippen LogP contribution in [0.1, 0.15) is 55.2 Å². The van der Waals surface area contributed by atoms with Crippen LogP contribution >= 0.6 is 31.9 Å². The molecule has 0 fully saturated rings. The summed E-state index contributed by atoms with van der Waals surface area (Å²) in [6.07, 6.45) is 4.24. The van der Waals surface area contributed by atoms with E-state index in [9.17, 15) is 0 Å². The van der Waals surface area contributed by atoms with Crippen molar-refractivity contribution in [1.29, 1.82) is 0 Å². The lowest BCUT2D eigenvalue weighted by atomic mass is 9.87. The van der Waals surface area contributed by atoms with Crippen LogP contribution in [0.4, 0.5) is 0 Å². The summed E-state index contributed by atoms with van der Waals surface area (Å²) in [4.78, 5) is 4.68. The number of rotatable bonds is 7. The van der Waals surface area contributed by atoms with Gasteiger partial charge in [0.2, 0.25) is 5.89 Å². The molecule has 1 heterocycles. The number of hydrogen-bond acceptors (Lipinski definition) is 3. The van der Waals surface area contributed by atoms with Gasteiger partial charge < -0.3 is 9.15 Å². The van der Waals surface area contributed by atoms with Gasteiger partial charge in [-0.2, -0.15) is 0 Å². The molecule has 0 saturated carbocycles. The number of oxazole rings is 1. The highest BCUT2D eigenvalue weighted by Crippen LogP contribution is 2.48. The molecule has 5 heteroatoms. The van der Waals surface area contributed by atoms with Gasteiger partial charge in [-0.15, -0.1) is 0 Å². The second kappa shape index (κ2) is 9.27. The first-order valence-corrected chi connectivity index (χ1v) is 12.2. The van der Waals surface area contributed by atoms with Crippen LogP contribution < -0.4 is 4.74 Å². The first-order valence-electron chi connectivity index (χ1n) is 10.6. The zero-order valence-corrected chi connectivity index (χ0v) is 20.8. The van der Waals surface area contributed by atoms with Crippen molar-refractivity contribution >= 4 is 31.9 Å². The van der Waals surface area contributed by atoms with Gasteiger partial charge in [-0.25, -0.2) is 4.98 Å². The third kappa shape index (κ3) is 4.24. The monoisotopic (exact) mass is 531 g/mol. The van der Waals surface area contributed by atoms with E-state index in [4.69, 9.17) is 9.15 Å². The van der Waals surface area contributed by atoms with Crippen molar-refractivity contribution in [3.8, 4) is 17.2 Å². The summed E-state index contributed by atoms with van der Waals surface area (Å²) in [5, 5.41) is 0. The van der Waals surface area contributed by atoms with Crippen molar-refractivity contribution < 1.29 is 9.15 Å². The van der Waals surface area contributed by atoms with Crippen LogP contribution in [-0.4, -0.2) is 11.6 Å². The molecular formula is C25H27Br2NO2. The zero-order chi connectivity index (χ0) is 21.3. The predicted molar refractivity (Wildman–Crippen MR) is 128 cm³/mol. The van der Waals surface area contributed by atoms with Gasteiger partial charge in [-0.3, -0.25) is 0 Å². The largest absolute Gasteiger partial charge is 0.491 e. The normalized spacial score (nSPS) is 16.5. The molecule has 0 N–H and O–H groups in total. The molecule has 2 atom stereocenters. The average Bonchev–Trinajstić information content (AvgIpc) is 3.34. The molecular weight excluding hydrogens is 506 g/mol. The fraction of sp³-hybridized carbons (Fsp3) is 0.400. The number of nitrogens with zero attached hydrogens (tertiary/aromatic N) is 1. The molecule has 0 spiro atoms. The van der Waals surface area contributed by atoms with Crippen molar-refractivity contribution in [2.24, 2.45) is 5.92 Å². The highest BCUT2D eigenvalue weighted by molar-refractivity contribution is 9.11. The van der Waals surface area contributed by atoms with Crippen molar-refractivity contribution in [3.63, 3.8) is 0 Å². The molecule has 0 saturated heterocycles. The van der Waals surface area contributed by atoms with Crippen molar-refractivity contribution in [2.75, 3.05) is 6.61 Å². The SMILES string of the molecule is CCC(C)C1CCc2c1cc(Br)c(OCCc1nc(-c3ccccc3)oc1C)c2Br. The summed E-state index contributed by atoms with van der Waals surface area (Å²) in [6, 6.07) is 12.3. The van der Waals surface area contributed by atoms with Crippen molar-refractivity contribution in [3.05, 3.63) is 67.9 Å². The van der Waals surface area contributed by atoms with Gasteiger partial charge in [0.05, 0.1) is 21.2 Å². The topological polar surface area (TPSA) is 35.3 Å². The van der Waals surface area contributed by atoms with E-state index in [2.05, 4.69) is 56.8 Å². The molecule has 1 aliphatic rings. The first kappa shape index (κ1) is 21.6. The molecule has 158 valence electrons. The molecule has 1 aromatic heterocycles. The van der Waals surface area contributed by atoms with Crippen LogP contribution in [0, 0.1) is 12.8 Å². The number of hydrogen-bond donors (Lipinski definition) is 0. The second-order valence-electron chi connectivity index (χ2n) is 8.09. The Morgan fingerprint density at radius 2 is 2.00 bits per heavy atom. The maximum absolute atomic E-state index is 6.21. The minimum absolute atomic E-state index is 0.548. The van der Waals surface area contributed by atoms with Gasteiger partial charge in [0.1, 0.15) is 11.5 Å². The molecule has 0 aliphatic heterocycles. The number of aryl methyl sites for hydroxylation is 1. The quantitative estimate of drug-likeness (QED) is 0.310. The van der Waals surface area contributed by atoms with Crippen molar-refractivity contribution in [1.82, 2.24) is 4.98 Å². The Labute approximate surface area is 195 Å². The smallest absolute Gasteiger partial charge is 0.226 e. The third-order valence-electron chi connectivity index (χ3n) is 6.25. The van der Waals surface area contributed by atoms with E-state index in [-0.39, 0.29) is 0 Å². The Balaban J connectivity index is 1.47. The summed E-state index contributed by atoms with van der Waals surface area (Å²) < 4.78 is 14.2. The lowest BCUT2D eigenvalue weighted by Crippen LogP contribution is -2.07.